The van der Waals surface area contributed by atoms with E-state index >= 15 is 0 Å². The number of Topliss-reactive ketones (excluding diaryl/α,β-unsaturated/α-hetero) is 1. The Morgan fingerprint density at radius 3 is 2.35 bits per heavy atom. The first kappa shape index (κ1) is 18.9. The summed E-state index contributed by atoms with van der Waals surface area (Å²) >= 11 is 0. The van der Waals surface area contributed by atoms with Crippen LogP contribution in [0.25, 0.3) is 0 Å². The van der Waals surface area contributed by atoms with Gasteiger partial charge < -0.3 is 14.6 Å². The normalized spacial score (nSPS) is 11.7. The average Bonchev–Trinajstić information content (AvgIpc) is 2.51. The molecule has 5 nitrogen and oxygen atoms in total. The number of carbonyl (C=O) groups excluding carboxylic acids is 2. The number of aromatic carboxylic acids is 1. The molecule has 0 bridgehead atoms. The molecule has 1 unspecified atom stereocenters. The third kappa shape index (κ3) is 6.63. The van der Waals surface area contributed by atoms with Gasteiger partial charge in [-0.25, -0.2) is 9.59 Å². The van der Waals surface area contributed by atoms with Gasteiger partial charge >= 0.3 is 11.9 Å². The molecular formula is C18H24O5. The summed E-state index contributed by atoms with van der Waals surface area (Å²) in [5, 5.41) is 9.10. The van der Waals surface area contributed by atoms with Gasteiger partial charge in [-0.3, -0.25) is 0 Å². The van der Waals surface area contributed by atoms with Crippen LogP contribution in [-0.2, 0) is 9.53 Å². The summed E-state index contributed by atoms with van der Waals surface area (Å²) in [5.74, 6) is -1.41. The van der Waals surface area contributed by atoms with Gasteiger partial charge in [-0.15, -0.1) is 0 Å². The van der Waals surface area contributed by atoms with E-state index in [-0.39, 0.29) is 29.4 Å². The molecule has 0 heterocycles. The predicted octanol–water partition coefficient (Wildman–Crippen LogP) is 3.72. The molecule has 23 heavy (non-hydrogen) atoms. The van der Waals surface area contributed by atoms with E-state index in [1.165, 1.54) is 12.1 Å². The summed E-state index contributed by atoms with van der Waals surface area (Å²) in [5.41, 5.74) is 0.0140. The second-order valence-electron chi connectivity index (χ2n) is 5.70. The van der Waals surface area contributed by atoms with Crippen LogP contribution in [0.2, 0.25) is 0 Å². The number of rotatable bonds is 10. The minimum absolute atomic E-state index is 0.0545. The van der Waals surface area contributed by atoms with Gasteiger partial charge in [-0.1, -0.05) is 25.5 Å². The van der Waals surface area contributed by atoms with Crippen molar-refractivity contribution in [3.63, 3.8) is 0 Å². The Morgan fingerprint density at radius 2 is 1.78 bits per heavy atom. The number of hydrogen-bond donors (Lipinski definition) is 1. The Kier molecular flexibility index (Phi) is 8.02. The van der Waals surface area contributed by atoms with E-state index in [1.807, 2.05) is 0 Å². The van der Waals surface area contributed by atoms with Gasteiger partial charge in [0.1, 0.15) is 5.78 Å². The van der Waals surface area contributed by atoms with Crippen molar-refractivity contribution in [3.8, 4) is 0 Å². The van der Waals surface area contributed by atoms with Gasteiger partial charge in [0.05, 0.1) is 17.7 Å². The van der Waals surface area contributed by atoms with E-state index in [0.717, 1.165) is 25.7 Å². The molecule has 0 spiro atoms. The number of carboxylic acid groups (broad SMARTS) is 1. The van der Waals surface area contributed by atoms with Crippen molar-refractivity contribution < 1.29 is 24.2 Å². The molecule has 0 aromatic heterocycles. The minimum Gasteiger partial charge on any atom is -0.478 e. The van der Waals surface area contributed by atoms with Crippen LogP contribution in [0.15, 0.2) is 24.3 Å². The van der Waals surface area contributed by atoms with Crippen molar-refractivity contribution in [2.75, 3.05) is 6.61 Å². The van der Waals surface area contributed by atoms with Gasteiger partial charge in [-0.2, -0.15) is 0 Å². The highest BCUT2D eigenvalue weighted by Gasteiger charge is 2.18. The molecule has 1 aromatic rings. The zero-order valence-electron chi connectivity index (χ0n) is 13.7. The van der Waals surface area contributed by atoms with E-state index in [1.54, 1.807) is 19.1 Å². The van der Waals surface area contributed by atoms with Gasteiger partial charge in [0.15, 0.2) is 0 Å². The number of carbonyl (C=O) groups is 3. The summed E-state index contributed by atoms with van der Waals surface area (Å²) in [4.78, 5) is 34.2. The first-order valence-corrected chi connectivity index (χ1v) is 7.94. The van der Waals surface area contributed by atoms with Gasteiger partial charge in [0.2, 0.25) is 0 Å². The zero-order valence-corrected chi connectivity index (χ0v) is 13.7. The van der Waals surface area contributed by atoms with E-state index < -0.39 is 11.9 Å². The van der Waals surface area contributed by atoms with Gasteiger partial charge in [0, 0.05) is 6.42 Å². The number of ether oxygens (including phenoxy) is 1. The summed E-state index contributed by atoms with van der Waals surface area (Å²) in [7, 11) is 0. The molecule has 0 aliphatic carbocycles. The van der Waals surface area contributed by atoms with Crippen molar-refractivity contribution in [1.29, 1.82) is 0 Å². The fourth-order valence-electron chi connectivity index (χ4n) is 2.48. The third-order valence-corrected chi connectivity index (χ3v) is 3.67. The molecule has 0 saturated carbocycles. The molecule has 5 heteroatoms. The van der Waals surface area contributed by atoms with Crippen molar-refractivity contribution >= 4 is 17.7 Å². The predicted molar refractivity (Wildman–Crippen MR) is 86.6 cm³/mol. The summed E-state index contributed by atoms with van der Waals surface area (Å²) < 4.78 is 5.30. The highest BCUT2D eigenvalue weighted by atomic mass is 16.5. The minimum atomic E-state index is -1.15. The maximum atomic E-state index is 12.1. The Balaban J connectivity index is 2.61. The topological polar surface area (TPSA) is 80.7 Å². The number of carboxylic acids is 1. The van der Waals surface area contributed by atoms with Crippen molar-refractivity contribution in [1.82, 2.24) is 0 Å². The second-order valence-corrected chi connectivity index (χ2v) is 5.70. The van der Waals surface area contributed by atoms with Crippen LogP contribution in [0.3, 0.4) is 0 Å². The molecule has 0 amide bonds. The highest BCUT2D eigenvalue weighted by molar-refractivity contribution is 6.02. The average molecular weight is 320 g/mol. The van der Waals surface area contributed by atoms with E-state index in [2.05, 4.69) is 6.92 Å². The lowest BCUT2D eigenvalue weighted by Gasteiger charge is -2.16. The molecule has 0 fully saturated rings. The summed E-state index contributed by atoms with van der Waals surface area (Å²) in [6.45, 7) is 3.87. The Labute approximate surface area is 136 Å². The molecule has 1 rings (SSSR count). The first-order valence-electron chi connectivity index (χ1n) is 7.94. The van der Waals surface area contributed by atoms with Crippen LogP contribution >= 0.6 is 0 Å². The van der Waals surface area contributed by atoms with Crippen LogP contribution < -0.4 is 0 Å². The first-order chi connectivity index (χ1) is 11.0. The molecule has 1 aromatic carbocycles. The fraction of sp³-hybridized carbons (Fsp3) is 0.500. The van der Waals surface area contributed by atoms with E-state index in [0.29, 0.717) is 6.42 Å². The molecule has 0 radical (unpaired) electrons. The maximum absolute atomic E-state index is 12.1. The Bertz CT molecular complexity index is 550. The molecular weight excluding hydrogens is 296 g/mol. The number of esters is 1. The Morgan fingerprint density at radius 1 is 1.13 bits per heavy atom. The highest BCUT2D eigenvalue weighted by Crippen LogP contribution is 2.17. The van der Waals surface area contributed by atoms with Crippen LogP contribution in [-0.4, -0.2) is 29.4 Å². The molecule has 0 aliphatic rings. The summed E-state index contributed by atoms with van der Waals surface area (Å²) in [6, 6.07) is 6.02. The van der Waals surface area contributed by atoms with Crippen LogP contribution in [0.1, 0.15) is 66.7 Å². The second kappa shape index (κ2) is 9.77. The third-order valence-electron chi connectivity index (χ3n) is 3.67. The number of benzene rings is 1. The molecule has 0 saturated heterocycles. The lowest BCUT2D eigenvalue weighted by atomic mass is 9.97. The fourth-order valence-corrected chi connectivity index (χ4v) is 2.48. The van der Waals surface area contributed by atoms with E-state index in [9.17, 15) is 14.4 Å². The largest absolute Gasteiger partial charge is 0.478 e. The Hall–Kier alpha value is -2.17. The van der Waals surface area contributed by atoms with Crippen molar-refractivity contribution in [3.05, 3.63) is 35.4 Å². The molecule has 0 aliphatic heterocycles. The van der Waals surface area contributed by atoms with Crippen LogP contribution in [0, 0.1) is 5.92 Å². The quantitative estimate of drug-likeness (QED) is 0.665. The maximum Gasteiger partial charge on any atom is 0.339 e. The summed E-state index contributed by atoms with van der Waals surface area (Å²) in [6.07, 6.45) is 4.01. The van der Waals surface area contributed by atoms with Crippen molar-refractivity contribution in [2.45, 2.75) is 46.0 Å². The molecule has 1 atom stereocenters. The zero-order chi connectivity index (χ0) is 17.2. The number of ketones is 1. The van der Waals surface area contributed by atoms with Crippen molar-refractivity contribution in [2.24, 2.45) is 5.92 Å². The molecule has 126 valence electrons. The van der Waals surface area contributed by atoms with Crippen LogP contribution in [0.5, 0.6) is 0 Å². The smallest absolute Gasteiger partial charge is 0.339 e. The van der Waals surface area contributed by atoms with E-state index in [4.69, 9.17) is 9.84 Å². The number of hydrogen-bond acceptors (Lipinski definition) is 4. The monoisotopic (exact) mass is 320 g/mol. The van der Waals surface area contributed by atoms with Gasteiger partial charge in [-0.05, 0) is 44.2 Å². The standard InChI is InChI=1S/C18H24O5/c1-3-7-14(9-6-8-13(2)19)12-23-18(22)16-11-5-4-10-15(16)17(20)21/h4-5,10-11,14H,3,6-9,12H2,1-2H3,(H,20,21). The lowest BCUT2D eigenvalue weighted by molar-refractivity contribution is -0.117. The lowest BCUT2D eigenvalue weighted by Crippen LogP contribution is -2.17. The SMILES string of the molecule is CCCC(CCCC(C)=O)COC(=O)c1ccccc1C(=O)O. The van der Waals surface area contributed by atoms with Crippen LogP contribution in [0.4, 0.5) is 0 Å². The molecule has 1 N–H and O–H groups in total. The van der Waals surface area contributed by atoms with Gasteiger partial charge in [0.25, 0.3) is 0 Å².